The molecule has 33 heavy (non-hydrogen) atoms. The van der Waals surface area contributed by atoms with Gasteiger partial charge in [0.25, 0.3) is 5.91 Å². The van der Waals surface area contributed by atoms with Gasteiger partial charge in [0.05, 0.1) is 18.7 Å². The zero-order valence-electron chi connectivity index (χ0n) is 18.8. The molecule has 9 heteroatoms. The Morgan fingerprint density at radius 2 is 1.88 bits per heavy atom. The third-order valence-electron chi connectivity index (χ3n) is 6.78. The summed E-state index contributed by atoms with van der Waals surface area (Å²) in [4.78, 5) is 43.4. The molecule has 1 aromatic heterocycles. The molecule has 2 aromatic rings. The average molecular weight is 453 g/mol. The standard InChI is InChI=1S/C24H28N4O5/c1-15-3-8-20(33-15)12-27-22(31)21-9-19(30)11-28(21)24(23(27)32)13-26(14-24)10-17-4-6-18(7-5-17)25-16(2)29/h3-8,19,21,30H,9-14H2,1-2H3,(H,25,29)/t19-,21+/m1/s1. The fraction of sp³-hybridized carbons (Fsp3) is 0.458. The average Bonchev–Trinajstić information content (AvgIpc) is 3.33. The SMILES string of the molecule is CC(=O)Nc1ccc(CN2CC3(C2)C(=O)N(Cc2ccc(C)o2)C(=O)[C@@H]2C[C@@H](O)CN23)cc1. The van der Waals surface area contributed by atoms with Crippen LogP contribution in [0.25, 0.3) is 0 Å². The summed E-state index contributed by atoms with van der Waals surface area (Å²) in [6.45, 7) is 5.37. The highest BCUT2D eigenvalue weighted by atomic mass is 16.3. The van der Waals surface area contributed by atoms with Crippen molar-refractivity contribution in [2.24, 2.45) is 0 Å². The molecule has 9 nitrogen and oxygen atoms in total. The summed E-state index contributed by atoms with van der Waals surface area (Å²) >= 11 is 0. The number of aliphatic hydroxyl groups excluding tert-OH is 1. The summed E-state index contributed by atoms with van der Waals surface area (Å²) in [6.07, 6.45) is -0.281. The van der Waals surface area contributed by atoms with Crippen molar-refractivity contribution in [1.29, 1.82) is 0 Å². The molecule has 3 saturated heterocycles. The summed E-state index contributed by atoms with van der Waals surface area (Å²) in [5.41, 5.74) is 0.998. The largest absolute Gasteiger partial charge is 0.464 e. The molecule has 1 aromatic carbocycles. The quantitative estimate of drug-likeness (QED) is 0.655. The number of likely N-dealkylation sites (tertiary alicyclic amines) is 1. The topological polar surface area (TPSA) is 106 Å². The molecule has 2 N–H and O–H groups in total. The van der Waals surface area contributed by atoms with Gasteiger partial charge in [-0.15, -0.1) is 0 Å². The van der Waals surface area contributed by atoms with E-state index in [4.69, 9.17) is 4.42 Å². The van der Waals surface area contributed by atoms with Crippen LogP contribution in [-0.4, -0.2) is 74.8 Å². The summed E-state index contributed by atoms with van der Waals surface area (Å²) < 4.78 is 5.62. The Bertz CT molecular complexity index is 1090. The van der Waals surface area contributed by atoms with Gasteiger partial charge in [-0.25, -0.2) is 0 Å². The second-order valence-corrected chi connectivity index (χ2v) is 9.35. The number of rotatable bonds is 5. The molecule has 0 saturated carbocycles. The van der Waals surface area contributed by atoms with Crippen molar-refractivity contribution >= 4 is 23.4 Å². The molecule has 0 aliphatic carbocycles. The first-order valence-corrected chi connectivity index (χ1v) is 11.2. The highest BCUT2D eigenvalue weighted by Crippen LogP contribution is 2.41. The van der Waals surface area contributed by atoms with E-state index < -0.39 is 17.7 Å². The van der Waals surface area contributed by atoms with Gasteiger partial charge in [0.1, 0.15) is 17.1 Å². The number of nitrogens with one attached hydrogen (secondary N) is 1. The second-order valence-electron chi connectivity index (χ2n) is 9.35. The van der Waals surface area contributed by atoms with Gasteiger partial charge < -0.3 is 14.8 Å². The summed E-state index contributed by atoms with van der Waals surface area (Å²) in [7, 11) is 0. The molecule has 5 rings (SSSR count). The maximum atomic E-state index is 13.6. The molecule has 4 heterocycles. The number of hydrogen-bond acceptors (Lipinski definition) is 7. The van der Waals surface area contributed by atoms with Crippen LogP contribution in [0.15, 0.2) is 40.8 Å². The lowest BCUT2D eigenvalue weighted by Crippen LogP contribution is -2.81. The van der Waals surface area contributed by atoms with Crippen molar-refractivity contribution < 1.29 is 23.9 Å². The number of β-amino-alcohol motifs (C(OH)–C–C–N with tert-alkyl or cyclic N) is 1. The molecule has 1 spiro atoms. The monoisotopic (exact) mass is 452 g/mol. The Morgan fingerprint density at radius 3 is 2.52 bits per heavy atom. The molecule has 174 valence electrons. The van der Waals surface area contributed by atoms with Crippen LogP contribution in [0.5, 0.6) is 0 Å². The number of carbonyl (C=O) groups is 3. The maximum absolute atomic E-state index is 13.6. The van der Waals surface area contributed by atoms with E-state index in [-0.39, 0.29) is 24.3 Å². The summed E-state index contributed by atoms with van der Waals surface area (Å²) in [5.74, 6) is 0.711. The third kappa shape index (κ3) is 3.86. The van der Waals surface area contributed by atoms with E-state index >= 15 is 0 Å². The van der Waals surface area contributed by atoms with Crippen LogP contribution >= 0.6 is 0 Å². The molecule has 0 radical (unpaired) electrons. The second kappa shape index (κ2) is 8.09. The predicted molar refractivity (Wildman–Crippen MR) is 119 cm³/mol. The van der Waals surface area contributed by atoms with E-state index in [2.05, 4.69) is 10.2 Å². The van der Waals surface area contributed by atoms with Crippen LogP contribution in [0.4, 0.5) is 5.69 Å². The number of carbonyl (C=O) groups excluding carboxylic acids is 3. The van der Waals surface area contributed by atoms with Crippen molar-refractivity contribution in [2.75, 3.05) is 25.0 Å². The van der Waals surface area contributed by atoms with Crippen molar-refractivity contribution in [3.63, 3.8) is 0 Å². The number of amides is 3. The molecule has 3 fully saturated rings. The smallest absolute Gasteiger partial charge is 0.252 e. The number of furan rings is 1. The lowest BCUT2D eigenvalue weighted by Gasteiger charge is -2.58. The van der Waals surface area contributed by atoms with E-state index in [0.29, 0.717) is 38.4 Å². The van der Waals surface area contributed by atoms with Crippen LogP contribution in [0.2, 0.25) is 0 Å². The zero-order valence-corrected chi connectivity index (χ0v) is 18.8. The maximum Gasteiger partial charge on any atom is 0.252 e. The molecule has 0 unspecified atom stereocenters. The number of aliphatic hydroxyl groups is 1. The van der Waals surface area contributed by atoms with Gasteiger partial charge in [0.15, 0.2) is 0 Å². The molecular weight excluding hydrogens is 424 g/mol. The van der Waals surface area contributed by atoms with E-state index in [1.807, 2.05) is 42.2 Å². The number of fused-ring (bicyclic) bond motifs is 2. The van der Waals surface area contributed by atoms with E-state index in [9.17, 15) is 19.5 Å². The van der Waals surface area contributed by atoms with Crippen molar-refractivity contribution in [3.8, 4) is 0 Å². The normalized spacial score (nSPS) is 24.8. The first-order chi connectivity index (χ1) is 15.7. The highest BCUT2D eigenvalue weighted by molar-refractivity contribution is 6.06. The summed E-state index contributed by atoms with van der Waals surface area (Å²) in [6, 6.07) is 10.7. The minimum absolute atomic E-state index is 0.109. The number of hydrogen-bond donors (Lipinski definition) is 2. The number of benzene rings is 1. The number of anilines is 1. The Morgan fingerprint density at radius 1 is 1.15 bits per heavy atom. The molecule has 3 aliphatic rings. The highest BCUT2D eigenvalue weighted by Gasteiger charge is 2.64. The van der Waals surface area contributed by atoms with Crippen LogP contribution in [0, 0.1) is 6.92 Å². The summed E-state index contributed by atoms with van der Waals surface area (Å²) in [5, 5.41) is 13.1. The first-order valence-electron chi connectivity index (χ1n) is 11.2. The number of imide groups is 1. The fourth-order valence-electron chi connectivity index (χ4n) is 5.33. The number of aryl methyl sites for hydroxylation is 1. The first kappa shape index (κ1) is 21.8. The van der Waals surface area contributed by atoms with Gasteiger partial charge in [-0.3, -0.25) is 29.1 Å². The van der Waals surface area contributed by atoms with Gasteiger partial charge in [0.2, 0.25) is 11.8 Å². The van der Waals surface area contributed by atoms with Crippen molar-refractivity contribution in [2.45, 2.75) is 51.0 Å². The van der Waals surface area contributed by atoms with E-state index in [0.717, 1.165) is 17.0 Å². The van der Waals surface area contributed by atoms with Crippen molar-refractivity contribution in [3.05, 3.63) is 53.5 Å². The fourth-order valence-corrected chi connectivity index (χ4v) is 5.33. The van der Waals surface area contributed by atoms with Crippen LogP contribution in [-0.2, 0) is 27.5 Å². The van der Waals surface area contributed by atoms with Gasteiger partial charge in [0, 0.05) is 38.8 Å². The molecule has 2 atom stereocenters. The third-order valence-corrected chi connectivity index (χ3v) is 6.78. The lowest BCUT2D eigenvalue weighted by atomic mass is 9.82. The molecular formula is C24H28N4O5. The Hall–Kier alpha value is -3.01. The molecule has 0 bridgehead atoms. The Balaban J connectivity index is 1.32. The number of piperazine rings is 1. The van der Waals surface area contributed by atoms with Gasteiger partial charge in [-0.05, 0) is 43.2 Å². The lowest BCUT2D eigenvalue weighted by molar-refractivity contribution is -0.181. The van der Waals surface area contributed by atoms with Gasteiger partial charge in [-0.1, -0.05) is 12.1 Å². The van der Waals surface area contributed by atoms with Crippen LogP contribution < -0.4 is 5.32 Å². The van der Waals surface area contributed by atoms with Crippen LogP contribution in [0.3, 0.4) is 0 Å². The Kier molecular flexibility index (Phi) is 5.35. The van der Waals surface area contributed by atoms with E-state index in [1.54, 1.807) is 6.07 Å². The van der Waals surface area contributed by atoms with Crippen LogP contribution in [0.1, 0.15) is 30.4 Å². The molecule has 3 aliphatic heterocycles. The minimum Gasteiger partial charge on any atom is -0.464 e. The Labute approximate surface area is 191 Å². The predicted octanol–water partition coefficient (Wildman–Crippen LogP) is 1.11. The minimum atomic E-state index is -0.812. The molecule has 3 amide bonds. The van der Waals surface area contributed by atoms with Crippen molar-refractivity contribution in [1.82, 2.24) is 14.7 Å². The zero-order chi connectivity index (χ0) is 23.3. The van der Waals surface area contributed by atoms with Gasteiger partial charge in [-0.2, -0.15) is 0 Å². The number of nitrogens with zero attached hydrogens (tertiary/aromatic N) is 3. The van der Waals surface area contributed by atoms with E-state index in [1.165, 1.54) is 11.8 Å². The van der Waals surface area contributed by atoms with Gasteiger partial charge >= 0.3 is 0 Å².